The van der Waals surface area contributed by atoms with E-state index in [1.807, 2.05) is 6.07 Å². The number of hydrogen-bond donors (Lipinski definition) is 1. The smallest absolute Gasteiger partial charge is 0.372 e. The van der Waals surface area contributed by atoms with Gasteiger partial charge in [0.05, 0.1) is 5.39 Å². The van der Waals surface area contributed by atoms with E-state index < -0.39 is 11.6 Å². The molecule has 0 saturated heterocycles. The van der Waals surface area contributed by atoms with Crippen molar-refractivity contribution in [1.82, 2.24) is 4.98 Å². The molecule has 0 spiro atoms. The number of benzene rings is 1. The lowest BCUT2D eigenvalue weighted by molar-refractivity contribution is 0.0659. The summed E-state index contributed by atoms with van der Waals surface area (Å²) in [6, 6.07) is 10.6. The third-order valence-corrected chi connectivity index (χ3v) is 2.99. The monoisotopic (exact) mass is 267 g/mol. The van der Waals surface area contributed by atoms with Gasteiger partial charge in [0, 0.05) is 23.3 Å². The van der Waals surface area contributed by atoms with Crippen LogP contribution in [0.2, 0.25) is 0 Å². The maximum atomic E-state index is 11.8. The van der Waals surface area contributed by atoms with Gasteiger partial charge in [-0.3, -0.25) is 4.98 Å². The minimum Gasteiger partial charge on any atom is -0.475 e. The van der Waals surface area contributed by atoms with E-state index in [2.05, 4.69) is 4.98 Å². The zero-order valence-corrected chi connectivity index (χ0v) is 10.2. The molecule has 0 aliphatic heterocycles. The van der Waals surface area contributed by atoms with Gasteiger partial charge in [-0.2, -0.15) is 0 Å². The van der Waals surface area contributed by atoms with E-state index >= 15 is 0 Å². The van der Waals surface area contributed by atoms with Crippen molar-refractivity contribution in [2.45, 2.75) is 0 Å². The molecule has 5 heteroatoms. The molecule has 20 heavy (non-hydrogen) atoms. The van der Waals surface area contributed by atoms with Crippen LogP contribution in [0.3, 0.4) is 0 Å². The number of aromatic nitrogens is 1. The van der Waals surface area contributed by atoms with Gasteiger partial charge in [-0.1, -0.05) is 30.3 Å². The SMILES string of the molecule is O=C(O)c1oc(=O)c2cnccc2c1-c1ccccc1. The Morgan fingerprint density at radius 2 is 1.85 bits per heavy atom. The minimum atomic E-state index is -1.28. The summed E-state index contributed by atoms with van der Waals surface area (Å²) in [5, 5.41) is 10.0. The summed E-state index contributed by atoms with van der Waals surface area (Å²) in [6.45, 7) is 0. The summed E-state index contributed by atoms with van der Waals surface area (Å²) >= 11 is 0. The van der Waals surface area contributed by atoms with E-state index in [0.29, 0.717) is 16.5 Å². The van der Waals surface area contributed by atoms with Crippen LogP contribution in [0.15, 0.2) is 58.0 Å². The van der Waals surface area contributed by atoms with Gasteiger partial charge >= 0.3 is 11.6 Å². The maximum Gasteiger partial charge on any atom is 0.372 e. The summed E-state index contributed by atoms with van der Waals surface area (Å²) in [7, 11) is 0. The van der Waals surface area contributed by atoms with E-state index in [0.717, 1.165) is 0 Å². The fourth-order valence-electron chi connectivity index (χ4n) is 2.14. The van der Waals surface area contributed by atoms with Crippen molar-refractivity contribution in [2.75, 3.05) is 0 Å². The zero-order chi connectivity index (χ0) is 14.1. The summed E-state index contributed by atoms with van der Waals surface area (Å²) in [5.41, 5.74) is 0.352. The molecule has 0 saturated carbocycles. The van der Waals surface area contributed by atoms with Gasteiger partial charge in [0.15, 0.2) is 0 Å². The highest BCUT2D eigenvalue weighted by Gasteiger charge is 2.20. The second kappa shape index (κ2) is 4.62. The number of rotatable bonds is 2. The van der Waals surface area contributed by atoms with E-state index in [-0.39, 0.29) is 11.1 Å². The molecule has 1 N–H and O–H groups in total. The molecule has 0 atom stereocenters. The molecule has 5 nitrogen and oxygen atoms in total. The number of hydrogen-bond acceptors (Lipinski definition) is 4. The predicted molar refractivity (Wildman–Crippen MR) is 72.7 cm³/mol. The molecule has 3 rings (SSSR count). The van der Waals surface area contributed by atoms with Crippen molar-refractivity contribution in [2.24, 2.45) is 0 Å². The van der Waals surface area contributed by atoms with Gasteiger partial charge in [-0.15, -0.1) is 0 Å². The van der Waals surface area contributed by atoms with E-state index in [4.69, 9.17) is 4.42 Å². The van der Waals surface area contributed by atoms with Gasteiger partial charge in [0.25, 0.3) is 0 Å². The third-order valence-electron chi connectivity index (χ3n) is 2.99. The minimum absolute atomic E-state index is 0.261. The van der Waals surface area contributed by atoms with Gasteiger partial charge < -0.3 is 9.52 Å². The second-order valence-corrected chi connectivity index (χ2v) is 4.19. The van der Waals surface area contributed by atoms with Crippen molar-refractivity contribution < 1.29 is 14.3 Å². The largest absolute Gasteiger partial charge is 0.475 e. The van der Waals surface area contributed by atoms with Crippen molar-refractivity contribution >= 4 is 16.7 Å². The number of carboxylic acids is 1. The standard InChI is InChI=1S/C15H9NO4/c17-14(18)13-12(9-4-2-1-3-5-9)10-6-7-16-8-11(10)15(19)20-13/h1-8H,(H,17,18). The molecule has 0 radical (unpaired) electrons. The average molecular weight is 267 g/mol. The van der Waals surface area contributed by atoms with Crippen molar-refractivity contribution in [3.05, 3.63) is 65.0 Å². The van der Waals surface area contributed by atoms with Crippen LogP contribution < -0.4 is 5.63 Å². The quantitative estimate of drug-likeness (QED) is 0.771. The Hall–Kier alpha value is -2.95. The van der Waals surface area contributed by atoms with Gasteiger partial charge in [-0.25, -0.2) is 9.59 Å². The van der Waals surface area contributed by atoms with E-state index in [1.165, 1.54) is 12.4 Å². The molecular formula is C15H9NO4. The topological polar surface area (TPSA) is 80.4 Å². The number of fused-ring (bicyclic) bond motifs is 1. The Labute approximate surface area is 113 Å². The number of aromatic carboxylic acids is 1. The molecule has 98 valence electrons. The van der Waals surface area contributed by atoms with Crippen LogP contribution in [0.5, 0.6) is 0 Å². The van der Waals surface area contributed by atoms with Crippen molar-refractivity contribution in [1.29, 1.82) is 0 Å². The Morgan fingerprint density at radius 1 is 1.10 bits per heavy atom. The van der Waals surface area contributed by atoms with Gasteiger partial charge in [-0.05, 0) is 11.6 Å². The lowest BCUT2D eigenvalue weighted by Crippen LogP contribution is -2.09. The molecule has 0 fully saturated rings. The zero-order valence-electron chi connectivity index (χ0n) is 10.2. The lowest BCUT2D eigenvalue weighted by atomic mass is 9.99. The predicted octanol–water partition coefficient (Wildman–Crippen LogP) is 2.55. The van der Waals surface area contributed by atoms with Crippen LogP contribution >= 0.6 is 0 Å². The number of pyridine rings is 1. The molecule has 3 aromatic rings. The third kappa shape index (κ3) is 1.85. The Morgan fingerprint density at radius 3 is 2.55 bits per heavy atom. The molecule has 0 unspecified atom stereocenters. The van der Waals surface area contributed by atoms with Gasteiger partial charge in [0.1, 0.15) is 0 Å². The van der Waals surface area contributed by atoms with Crippen LogP contribution in [0.4, 0.5) is 0 Å². The van der Waals surface area contributed by atoms with Crippen LogP contribution in [-0.2, 0) is 0 Å². The highest BCUT2D eigenvalue weighted by Crippen LogP contribution is 2.29. The van der Waals surface area contributed by atoms with Crippen LogP contribution in [0.1, 0.15) is 10.6 Å². The Balaban J connectivity index is 2.50. The van der Waals surface area contributed by atoms with Gasteiger partial charge in [0.2, 0.25) is 5.76 Å². The molecule has 0 aliphatic carbocycles. The first-order chi connectivity index (χ1) is 9.68. The molecule has 0 bridgehead atoms. The molecule has 2 aromatic heterocycles. The molecule has 1 aromatic carbocycles. The summed E-state index contributed by atoms with van der Waals surface area (Å²) in [6.07, 6.45) is 2.89. The lowest BCUT2D eigenvalue weighted by Gasteiger charge is -2.08. The van der Waals surface area contributed by atoms with E-state index in [9.17, 15) is 14.7 Å². The molecular weight excluding hydrogens is 258 g/mol. The fourth-order valence-corrected chi connectivity index (χ4v) is 2.14. The van der Waals surface area contributed by atoms with E-state index in [1.54, 1.807) is 30.3 Å². The normalized spacial score (nSPS) is 10.6. The highest BCUT2D eigenvalue weighted by atomic mass is 16.4. The first kappa shape index (κ1) is 12.1. The second-order valence-electron chi connectivity index (χ2n) is 4.19. The number of nitrogens with zero attached hydrogens (tertiary/aromatic N) is 1. The number of carbonyl (C=O) groups is 1. The van der Waals surface area contributed by atoms with Crippen molar-refractivity contribution in [3.8, 4) is 11.1 Å². The first-order valence-electron chi connectivity index (χ1n) is 5.88. The van der Waals surface area contributed by atoms with Crippen molar-refractivity contribution in [3.63, 3.8) is 0 Å². The Bertz CT molecular complexity index is 853. The van der Waals surface area contributed by atoms with Crippen LogP contribution in [-0.4, -0.2) is 16.1 Å². The Kier molecular flexibility index (Phi) is 2.80. The summed E-state index contributed by atoms with van der Waals surface area (Å²) < 4.78 is 4.94. The fraction of sp³-hybridized carbons (Fsp3) is 0. The first-order valence-corrected chi connectivity index (χ1v) is 5.88. The highest BCUT2D eigenvalue weighted by molar-refractivity contribution is 6.04. The molecule has 0 aliphatic rings. The summed E-state index contributed by atoms with van der Waals surface area (Å²) in [5.74, 6) is -1.64. The average Bonchev–Trinajstić information content (AvgIpc) is 2.48. The van der Waals surface area contributed by atoms with Crippen LogP contribution in [0.25, 0.3) is 21.9 Å². The maximum absolute atomic E-state index is 11.8. The molecule has 2 heterocycles. The number of carboxylic acid groups (broad SMARTS) is 1. The summed E-state index contributed by atoms with van der Waals surface area (Å²) in [4.78, 5) is 27.0. The van der Waals surface area contributed by atoms with Crippen LogP contribution in [0, 0.1) is 0 Å². The molecule has 0 amide bonds.